The highest BCUT2D eigenvalue weighted by Crippen LogP contribution is 2.30. The Labute approximate surface area is 156 Å². The summed E-state index contributed by atoms with van der Waals surface area (Å²) in [7, 11) is 0. The molecule has 1 aromatic carbocycles. The van der Waals surface area contributed by atoms with Crippen LogP contribution in [0.25, 0.3) is 11.4 Å². The number of hydrogen-bond acceptors (Lipinski definition) is 6. The van der Waals surface area contributed by atoms with E-state index in [1.54, 1.807) is 12.4 Å². The monoisotopic (exact) mass is 361 g/mol. The molecule has 0 bridgehead atoms. The van der Waals surface area contributed by atoms with Gasteiger partial charge in [-0.2, -0.15) is 4.98 Å². The molecule has 1 amide bonds. The summed E-state index contributed by atoms with van der Waals surface area (Å²) >= 11 is 0. The molecule has 136 valence electrons. The Balaban J connectivity index is 1.19. The maximum atomic E-state index is 12.7. The highest BCUT2D eigenvalue weighted by molar-refractivity contribution is 5.96. The zero-order valence-corrected chi connectivity index (χ0v) is 14.8. The van der Waals surface area contributed by atoms with Gasteiger partial charge in [-0.1, -0.05) is 23.4 Å². The summed E-state index contributed by atoms with van der Waals surface area (Å²) in [6, 6.07) is 11.9. The molecule has 3 aromatic rings. The molecule has 0 saturated carbocycles. The van der Waals surface area contributed by atoms with E-state index in [0.29, 0.717) is 18.3 Å². The highest BCUT2D eigenvalue weighted by atomic mass is 16.5. The van der Waals surface area contributed by atoms with Crippen molar-refractivity contribution in [3.63, 3.8) is 0 Å². The van der Waals surface area contributed by atoms with Crippen molar-refractivity contribution >= 4 is 11.6 Å². The second kappa shape index (κ2) is 6.59. The van der Waals surface area contributed by atoms with E-state index in [1.807, 2.05) is 35.2 Å². The number of pyridine rings is 1. The van der Waals surface area contributed by atoms with Crippen molar-refractivity contribution in [2.75, 3.05) is 31.1 Å². The average molecular weight is 361 g/mol. The summed E-state index contributed by atoms with van der Waals surface area (Å²) in [5.41, 5.74) is 3.14. The zero-order chi connectivity index (χ0) is 18.2. The molecule has 0 N–H and O–H groups in total. The minimum atomic E-state index is 0.153. The van der Waals surface area contributed by atoms with Crippen LogP contribution in [0.15, 0.2) is 53.3 Å². The second-order valence-corrected chi connectivity index (χ2v) is 7.01. The van der Waals surface area contributed by atoms with E-state index < -0.39 is 0 Å². The molecule has 27 heavy (non-hydrogen) atoms. The SMILES string of the molecule is O=C(CN1CC(c2nc(-c3cccnc3)no2)C1)N1CCc2ccccc21. The third-order valence-electron chi connectivity index (χ3n) is 5.21. The van der Waals surface area contributed by atoms with Crippen molar-refractivity contribution in [3.05, 3.63) is 60.2 Å². The lowest BCUT2D eigenvalue weighted by Crippen LogP contribution is -2.50. The number of carbonyl (C=O) groups excluding carboxylic acids is 1. The average Bonchev–Trinajstić information content (AvgIpc) is 3.32. The molecule has 2 aliphatic rings. The second-order valence-electron chi connectivity index (χ2n) is 7.01. The van der Waals surface area contributed by atoms with E-state index in [-0.39, 0.29) is 11.8 Å². The lowest BCUT2D eigenvalue weighted by molar-refractivity contribution is -0.120. The van der Waals surface area contributed by atoms with Gasteiger partial charge >= 0.3 is 0 Å². The van der Waals surface area contributed by atoms with Crippen LogP contribution < -0.4 is 4.90 Å². The first-order valence-corrected chi connectivity index (χ1v) is 9.12. The number of anilines is 1. The maximum Gasteiger partial charge on any atom is 0.241 e. The van der Waals surface area contributed by atoms with Crippen LogP contribution in [0.4, 0.5) is 5.69 Å². The Kier molecular flexibility index (Phi) is 3.94. The molecule has 5 rings (SSSR count). The number of aromatic nitrogens is 3. The van der Waals surface area contributed by atoms with Gasteiger partial charge in [0.05, 0.1) is 12.5 Å². The Morgan fingerprint density at radius 3 is 2.93 bits per heavy atom. The lowest BCUT2D eigenvalue weighted by atomic mass is 10.0. The molecule has 1 fully saturated rings. The molecule has 1 saturated heterocycles. The first-order chi connectivity index (χ1) is 13.3. The molecule has 7 nitrogen and oxygen atoms in total. The van der Waals surface area contributed by atoms with Crippen LogP contribution in [0.2, 0.25) is 0 Å². The van der Waals surface area contributed by atoms with Crippen LogP contribution in [0, 0.1) is 0 Å². The first-order valence-electron chi connectivity index (χ1n) is 9.12. The summed E-state index contributed by atoms with van der Waals surface area (Å²) in [5, 5.41) is 4.04. The van der Waals surface area contributed by atoms with Crippen LogP contribution in [0.5, 0.6) is 0 Å². The normalized spacial score (nSPS) is 17.0. The molecule has 0 radical (unpaired) electrons. The van der Waals surface area contributed by atoms with E-state index in [1.165, 1.54) is 5.56 Å². The number of rotatable bonds is 4. The summed E-state index contributed by atoms with van der Waals surface area (Å²) in [6.45, 7) is 2.72. The van der Waals surface area contributed by atoms with Crippen molar-refractivity contribution in [2.24, 2.45) is 0 Å². The Hall–Kier alpha value is -3.06. The van der Waals surface area contributed by atoms with Gasteiger partial charge in [0.25, 0.3) is 0 Å². The van der Waals surface area contributed by atoms with Gasteiger partial charge in [-0.15, -0.1) is 0 Å². The van der Waals surface area contributed by atoms with Crippen LogP contribution in [0.3, 0.4) is 0 Å². The molecular formula is C20H19N5O2. The van der Waals surface area contributed by atoms with Gasteiger partial charge < -0.3 is 9.42 Å². The number of hydrogen-bond donors (Lipinski definition) is 0. The number of para-hydroxylation sites is 1. The van der Waals surface area contributed by atoms with Crippen molar-refractivity contribution in [2.45, 2.75) is 12.3 Å². The highest BCUT2D eigenvalue weighted by Gasteiger charge is 2.35. The first kappa shape index (κ1) is 16.1. The number of benzene rings is 1. The van der Waals surface area contributed by atoms with Gasteiger partial charge in [0, 0.05) is 43.3 Å². The van der Waals surface area contributed by atoms with Crippen LogP contribution in [-0.4, -0.2) is 52.1 Å². The topological polar surface area (TPSA) is 75.4 Å². The van der Waals surface area contributed by atoms with E-state index in [2.05, 4.69) is 26.1 Å². The molecule has 2 aliphatic heterocycles. The minimum Gasteiger partial charge on any atom is -0.339 e. The van der Waals surface area contributed by atoms with Gasteiger partial charge in [0.1, 0.15) is 0 Å². The summed E-state index contributed by atoms with van der Waals surface area (Å²) in [4.78, 5) is 25.3. The Bertz CT molecular complexity index is 965. The fourth-order valence-electron chi connectivity index (χ4n) is 3.74. The number of fused-ring (bicyclic) bond motifs is 1. The standard InChI is InChI=1S/C20H19N5O2/c26-18(25-9-7-14-4-1-2-6-17(14)25)13-24-11-16(12-24)20-22-19(23-27-20)15-5-3-8-21-10-15/h1-6,8,10,16H,7,9,11-13H2. The maximum absolute atomic E-state index is 12.7. The third-order valence-corrected chi connectivity index (χ3v) is 5.21. The third kappa shape index (κ3) is 3.00. The molecule has 4 heterocycles. The van der Waals surface area contributed by atoms with Crippen LogP contribution in [-0.2, 0) is 11.2 Å². The van der Waals surface area contributed by atoms with Crippen molar-refractivity contribution in [3.8, 4) is 11.4 Å². The fraction of sp³-hybridized carbons (Fsp3) is 0.300. The van der Waals surface area contributed by atoms with E-state index in [4.69, 9.17) is 4.52 Å². The van der Waals surface area contributed by atoms with E-state index in [0.717, 1.165) is 37.3 Å². The predicted octanol–water partition coefficient (Wildman–Crippen LogP) is 2.12. The largest absolute Gasteiger partial charge is 0.339 e. The molecule has 0 atom stereocenters. The number of carbonyl (C=O) groups is 1. The zero-order valence-electron chi connectivity index (χ0n) is 14.8. The minimum absolute atomic E-state index is 0.153. The quantitative estimate of drug-likeness (QED) is 0.709. The number of likely N-dealkylation sites (tertiary alicyclic amines) is 1. The van der Waals surface area contributed by atoms with Gasteiger partial charge in [-0.25, -0.2) is 0 Å². The van der Waals surface area contributed by atoms with Gasteiger partial charge in [-0.3, -0.25) is 14.7 Å². The number of amides is 1. The van der Waals surface area contributed by atoms with Gasteiger partial charge in [-0.05, 0) is 30.2 Å². The molecule has 0 unspecified atom stereocenters. The summed E-state index contributed by atoms with van der Waals surface area (Å²) < 4.78 is 5.41. The molecule has 7 heteroatoms. The smallest absolute Gasteiger partial charge is 0.241 e. The Morgan fingerprint density at radius 1 is 1.19 bits per heavy atom. The molecule has 0 aliphatic carbocycles. The van der Waals surface area contributed by atoms with Gasteiger partial charge in [0.2, 0.25) is 17.6 Å². The molecular weight excluding hydrogens is 342 g/mol. The van der Waals surface area contributed by atoms with Crippen molar-refractivity contribution in [1.82, 2.24) is 20.0 Å². The summed E-state index contributed by atoms with van der Waals surface area (Å²) in [6.07, 6.45) is 4.36. The fourth-order valence-corrected chi connectivity index (χ4v) is 3.74. The lowest BCUT2D eigenvalue weighted by Gasteiger charge is -2.37. The van der Waals surface area contributed by atoms with Crippen molar-refractivity contribution < 1.29 is 9.32 Å². The molecule has 2 aromatic heterocycles. The van der Waals surface area contributed by atoms with Crippen molar-refractivity contribution in [1.29, 1.82) is 0 Å². The van der Waals surface area contributed by atoms with Gasteiger partial charge in [0.15, 0.2) is 0 Å². The van der Waals surface area contributed by atoms with E-state index >= 15 is 0 Å². The number of nitrogens with zero attached hydrogens (tertiary/aromatic N) is 5. The molecule has 0 spiro atoms. The predicted molar refractivity (Wildman–Crippen MR) is 99.2 cm³/mol. The Morgan fingerprint density at radius 2 is 2.07 bits per heavy atom. The summed E-state index contributed by atoms with van der Waals surface area (Å²) in [5.74, 6) is 1.52. The van der Waals surface area contributed by atoms with E-state index in [9.17, 15) is 4.79 Å². The van der Waals surface area contributed by atoms with Crippen LogP contribution >= 0.6 is 0 Å². The van der Waals surface area contributed by atoms with Crippen LogP contribution in [0.1, 0.15) is 17.4 Å².